The number of amides is 2. The lowest BCUT2D eigenvalue weighted by molar-refractivity contribution is -0.136. The number of carboxylic acid groups (broad SMARTS) is 1. The van der Waals surface area contributed by atoms with Crippen LogP contribution in [0.15, 0.2) is 48.5 Å². The standard InChI is InChI=1S/C16H15FN2O3/c17-13-3-1-2-12(8-13)10-18-16(22)19-14-6-4-11(5-7-14)9-15(20)21/h1-8H,9-10H2,(H,20,21)(H2,18,19,22). The van der Waals surface area contributed by atoms with E-state index in [0.717, 1.165) is 0 Å². The molecule has 2 aromatic carbocycles. The summed E-state index contributed by atoms with van der Waals surface area (Å²) in [4.78, 5) is 22.3. The molecule has 114 valence electrons. The third-order valence-corrected chi connectivity index (χ3v) is 2.91. The number of carbonyl (C=O) groups is 2. The Bertz CT molecular complexity index is 671. The average molecular weight is 302 g/mol. The van der Waals surface area contributed by atoms with Crippen molar-refractivity contribution in [2.24, 2.45) is 0 Å². The number of benzene rings is 2. The zero-order chi connectivity index (χ0) is 15.9. The summed E-state index contributed by atoms with van der Waals surface area (Å²) in [5, 5.41) is 13.9. The van der Waals surface area contributed by atoms with Crippen molar-refractivity contribution in [2.75, 3.05) is 5.32 Å². The van der Waals surface area contributed by atoms with Gasteiger partial charge in [0, 0.05) is 12.2 Å². The summed E-state index contributed by atoms with van der Waals surface area (Å²) >= 11 is 0. The molecule has 0 radical (unpaired) electrons. The van der Waals surface area contributed by atoms with Gasteiger partial charge >= 0.3 is 12.0 Å². The molecule has 0 spiro atoms. The van der Waals surface area contributed by atoms with Gasteiger partial charge in [0.05, 0.1) is 6.42 Å². The zero-order valence-electron chi connectivity index (χ0n) is 11.7. The van der Waals surface area contributed by atoms with Crippen LogP contribution in [0.2, 0.25) is 0 Å². The summed E-state index contributed by atoms with van der Waals surface area (Å²) in [6.45, 7) is 0.209. The van der Waals surface area contributed by atoms with Crippen molar-refractivity contribution in [3.63, 3.8) is 0 Å². The Labute approximate surface area is 126 Å². The van der Waals surface area contributed by atoms with Gasteiger partial charge in [0.1, 0.15) is 5.82 Å². The monoisotopic (exact) mass is 302 g/mol. The lowest BCUT2D eigenvalue weighted by atomic mass is 10.1. The Kier molecular flexibility index (Phi) is 5.08. The minimum Gasteiger partial charge on any atom is -0.481 e. The molecule has 0 aliphatic heterocycles. The van der Waals surface area contributed by atoms with Crippen molar-refractivity contribution in [2.45, 2.75) is 13.0 Å². The van der Waals surface area contributed by atoms with Crippen molar-refractivity contribution >= 4 is 17.7 Å². The normalized spacial score (nSPS) is 10.0. The third-order valence-electron chi connectivity index (χ3n) is 2.91. The molecular formula is C16H15FN2O3. The molecule has 22 heavy (non-hydrogen) atoms. The van der Waals surface area contributed by atoms with Crippen LogP contribution in [0.3, 0.4) is 0 Å². The molecule has 0 aliphatic carbocycles. The molecular weight excluding hydrogens is 287 g/mol. The van der Waals surface area contributed by atoms with E-state index in [-0.39, 0.29) is 18.8 Å². The number of anilines is 1. The maximum absolute atomic E-state index is 13.0. The van der Waals surface area contributed by atoms with Gasteiger partial charge in [0.25, 0.3) is 0 Å². The Morgan fingerprint density at radius 2 is 1.77 bits per heavy atom. The largest absolute Gasteiger partial charge is 0.481 e. The molecule has 2 aromatic rings. The molecule has 0 unspecified atom stereocenters. The van der Waals surface area contributed by atoms with Gasteiger partial charge in [-0.2, -0.15) is 0 Å². The number of halogens is 1. The molecule has 2 rings (SSSR count). The first-order valence-corrected chi connectivity index (χ1v) is 6.63. The first-order chi connectivity index (χ1) is 10.5. The highest BCUT2D eigenvalue weighted by Gasteiger charge is 2.04. The first kappa shape index (κ1) is 15.5. The predicted octanol–water partition coefficient (Wildman–Crippen LogP) is 2.77. The number of rotatable bonds is 5. The molecule has 0 aromatic heterocycles. The van der Waals surface area contributed by atoms with Crippen LogP contribution in [0.25, 0.3) is 0 Å². The molecule has 0 atom stereocenters. The second-order valence-electron chi connectivity index (χ2n) is 4.71. The van der Waals surface area contributed by atoms with E-state index < -0.39 is 12.0 Å². The highest BCUT2D eigenvalue weighted by Crippen LogP contribution is 2.10. The first-order valence-electron chi connectivity index (χ1n) is 6.63. The molecule has 2 amide bonds. The Morgan fingerprint density at radius 1 is 1.05 bits per heavy atom. The van der Waals surface area contributed by atoms with Crippen molar-refractivity contribution in [3.05, 3.63) is 65.5 Å². The summed E-state index contributed by atoms with van der Waals surface area (Å²) in [6, 6.07) is 12.1. The maximum Gasteiger partial charge on any atom is 0.319 e. The van der Waals surface area contributed by atoms with Gasteiger partial charge in [0.15, 0.2) is 0 Å². The zero-order valence-corrected chi connectivity index (χ0v) is 11.7. The summed E-state index contributed by atoms with van der Waals surface area (Å²) < 4.78 is 13.0. The topological polar surface area (TPSA) is 78.4 Å². The fourth-order valence-electron chi connectivity index (χ4n) is 1.89. The van der Waals surface area contributed by atoms with Gasteiger partial charge in [-0.15, -0.1) is 0 Å². The lowest BCUT2D eigenvalue weighted by Gasteiger charge is -2.08. The van der Waals surface area contributed by atoms with Crippen molar-refractivity contribution in [1.82, 2.24) is 5.32 Å². The highest BCUT2D eigenvalue weighted by atomic mass is 19.1. The van der Waals surface area contributed by atoms with Crippen LogP contribution in [-0.4, -0.2) is 17.1 Å². The third kappa shape index (κ3) is 4.90. The summed E-state index contributed by atoms with van der Waals surface area (Å²) in [6.07, 6.45) is -0.0634. The van der Waals surface area contributed by atoms with E-state index in [1.54, 1.807) is 36.4 Å². The predicted molar refractivity (Wildman–Crippen MR) is 80.0 cm³/mol. The quantitative estimate of drug-likeness (QED) is 0.794. The van der Waals surface area contributed by atoms with E-state index in [9.17, 15) is 14.0 Å². The van der Waals surface area contributed by atoms with E-state index in [1.165, 1.54) is 12.1 Å². The average Bonchev–Trinajstić information content (AvgIpc) is 2.47. The van der Waals surface area contributed by atoms with Gasteiger partial charge < -0.3 is 15.7 Å². The lowest BCUT2D eigenvalue weighted by Crippen LogP contribution is -2.28. The molecule has 0 fully saturated rings. The van der Waals surface area contributed by atoms with Gasteiger partial charge in [-0.3, -0.25) is 4.79 Å². The second-order valence-corrected chi connectivity index (χ2v) is 4.71. The molecule has 5 nitrogen and oxygen atoms in total. The fourth-order valence-corrected chi connectivity index (χ4v) is 1.89. The van der Waals surface area contributed by atoms with Crippen LogP contribution < -0.4 is 10.6 Å². The number of urea groups is 1. The second kappa shape index (κ2) is 7.21. The minimum atomic E-state index is -0.909. The summed E-state index contributed by atoms with van der Waals surface area (Å²) in [5.41, 5.74) is 1.86. The molecule has 6 heteroatoms. The van der Waals surface area contributed by atoms with Crippen LogP contribution in [0.4, 0.5) is 14.9 Å². The van der Waals surface area contributed by atoms with E-state index in [4.69, 9.17) is 5.11 Å². The number of carbonyl (C=O) groups excluding carboxylic acids is 1. The van der Waals surface area contributed by atoms with E-state index in [1.807, 2.05) is 0 Å². The molecule has 0 bridgehead atoms. The summed E-state index contributed by atoms with van der Waals surface area (Å²) in [7, 11) is 0. The van der Waals surface area contributed by atoms with Crippen LogP contribution in [0.5, 0.6) is 0 Å². The number of aliphatic carboxylic acids is 1. The Morgan fingerprint density at radius 3 is 2.41 bits per heavy atom. The van der Waals surface area contributed by atoms with Gasteiger partial charge in [0.2, 0.25) is 0 Å². The van der Waals surface area contributed by atoms with Crippen molar-refractivity contribution in [1.29, 1.82) is 0 Å². The van der Waals surface area contributed by atoms with Crippen LogP contribution in [0.1, 0.15) is 11.1 Å². The van der Waals surface area contributed by atoms with Gasteiger partial charge in [-0.1, -0.05) is 24.3 Å². The smallest absolute Gasteiger partial charge is 0.319 e. The van der Waals surface area contributed by atoms with E-state index >= 15 is 0 Å². The Balaban J connectivity index is 1.85. The number of hydrogen-bond donors (Lipinski definition) is 3. The summed E-state index contributed by atoms with van der Waals surface area (Å²) in [5.74, 6) is -1.26. The molecule has 0 saturated carbocycles. The fraction of sp³-hybridized carbons (Fsp3) is 0.125. The minimum absolute atomic E-state index is 0.0634. The highest BCUT2D eigenvalue weighted by molar-refractivity contribution is 5.89. The van der Waals surface area contributed by atoms with Gasteiger partial charge in [-0.25, -0.2) is 9.18 Å². The van der Waals surface area contributed by atoms with E-state index in [0.29, 0.717) is 16.8 Å². The number of nitrogens with one attached hydrogen (secondary N) is 2. The van der Waals surface area contributed by atoms with E-state index in [2.05, 4.69) is 10.6 Å². The molecule has 3 N–H and O–H groups in total. The molecule has 0 saturated heterocycles. The molecule has 0 heterocycles. The number of hydrogen-bond acceptors (Lipinski definition) is 2. The SMILES string of the molecule is O=C(O)Cc1ccc(NC(=O)NCc2cccc(F)c2)cc1. The van der Waals surface area contributed by atoms with Crippen molar-refractivity contribution in [3.8, 4) is 0 Å². The maximum atomic E-state index is 13.0. The molecule has 0 aliphatic rings. The van der Waals surface area contributed by atoms with Gasteiger partial charge in [-0.05, 0) is 35.4 Å². The van der Waals surface area contributed by atoms with Crippen LogP contribution in [-0.2, 0) is 17.8 Å². The van der Waals surface area contributed by atoms with Crippen LogP contribution >= 0.6 is 0 Å². The Hall–Kier alpha value is -2.89. The van der Waals surface area contributed by atoms with Crippen molar-refractivity contribution < 1.29 is 19.1 Å². The number of carboxylic acids is 1. The van der Waals surface area contributed by atoms with Crippen LogP contribution in [0, 0.1) is 5.82 Å².